The Hall–Kier alpha value is -3.40. The van der Waals surface area contributed by atoms with Crippen molar-refractivity contribution in [1.29, 1.82) is 0 Å². The third-order valence-electron chi connectivity index (χ3n) is 5.81. The number of fused-ring (bicyclic) bond motifs is 3. The van der Waals surface area contributed by atoms with Gasteiger partial charge in [0.2, 0.25) is 6.41 Å². The number of hydrogen-bond acceptors (Lipinski definition) is 2. The van der Waals surface area contributed by atoms with Crippen molar-refractivity contribution in [3.63, 3.8) is 0 Å². The van der Waals surface area contributed by atoms with Gasteiger partial charge in [0.25, 0.3) is 0 Å². The van der Waals surface area contributed by atoms with Crippen molar-refractivity contribution in [3.8, 4) is 22.3 Å². The smallest absolute Gasteiger partial charge is 0.307 e. The van der Waals surface area contributed by atoms with Gasteiger partial charge in [-0.15, -0.1) is 0 Å². The van der Waals surface area contributed by atoms with Gasteiger partial charge in [0, 0.05) is 5.56 Å². The molecule has 1 N–H and O–H groups in total. The monoisotopic (exact) mass is 385 g/mol. The van der Waals surface area contributed by atoms with Crippen LogP contribution in [0.15, 0.2) is 48.5 Å². The number of aliphatic carboxylic acids is 1. The normalized spacial score (nSPS) is 12.3. The molecule has 4 nitrogen and oxygen atoms in total. The number of carboxylic acids is 1. The van der Waals surface area contributed by atoms with Gasteiger partial charge in [-0.3, -0.25) is 9.59 Å². The van der Waals surface area contributed by atoms with Crippen molar-refractivity contribution in [2.24, 2.45) is 0 Å². The Kier molecular flexibility index (Phi) is 4.71. The first kappa shape index (κ1) is 18.9. The molecule has 146 valence electrons. The Labute approximate surface area is 170 Å². The number of hydrogen-bond donors (Lipinski definition) is 1. The molecule has 1 heterocycles. The van der Waals surface area contributed by atoms with Crippen LogP contribution >= 0.6 is 0 Å². The maximum Gasteiger partial charge on any atom is 0.307 e. The van der Waals surface area contributed by atoms with Crippen molar-refractivity contribution < 1.29 is 14.7 Å². The highest BCUT2D eigenvalue weighted by Crippen LogP contribution is 2.48. The van der Waals surface area contributed by atoms with Crippen LogP contribution in [0.25, 0.3) is 22.3 Å². The van der Waals surface area contributed by atoms with Crippen LogP contribution in [0.1, 0.15) is 27.8 Å². The fourth-order valence-corrected chi connectivity index (χ4v) is 4.47. The zero-order valence-corrected chi connectivity index (χ0v) is 16.8. The Morgan fingerprint density at radius 2 is 1.69 bits per heavy atom. The predicted molar refractivity (Wildman–Crippen MR) is 115 cm³/mol. The third kappa shape index (κ3) is 3.11. The minimum absolute atomic E-state index is 0.0858. The van der Waals surface area contributed by atoms with Crippen LogP contribution in [-0.2, 0) is 22.6 Å². The molecule has 1 aliphatic heterocycles. The van der Waals surface area contributed by atoms with E-state index < -0.39 is 5.97 Å². The van der Waals surface area contributed by atoms with E-state index >= 15 is 0 Å². The van der Waals surface area contributed by atoms with E-state index in [0.717, 1.165) is 62.2 Å². The topological polar surface area (TPSA) is 57.6 Å². The van der Waals surface area contributed by atoms with Gasteiger partial charge in [0.15, 0.2) is 0 Å². The lowest BCUT2D eigenvalue weighted by atomic mass is 9.80. The first-order valence-corrected chi connectivity index (χ1v) is 9.67. The van der Waals surface area contributed by atoms with Crippen molar-refractivity contribution in [2.75, 3.05) is 4.90 Å². The first-order chi connectivity index (χ1) is 13.9. The van der Waals surface area contributed by atoms with Gasteiger partial charge >= 0.3 is 5.97 Å². The Morgan fingerprint density at radius 3 is 2.34 bits per heavy atom. The molecule has 29 heavy (non-hydrogen) atoms. The van der Waals surface area contributed by atoms with Crippen LogP contribution in [0, 0.1) is 20.8 Å². The van der Waals surface area contributed by atoms with E-state index in [1.165, 1.54) is 0 Å². The molecule has 4 rings (SSSR count). The highest BCUT2D eigenvalue weighted by Gasteiger charge is 2.29. The number of carboxylic acid groups (broad SMARTS) is 1. The van der Waals surface area contributed by atoms with Gasteiger partial charge in [-0.2, -0.15) is 0 Å². The molecule has 0 atom stereocenters. The maximum absolute atomic E-state index is 11.9. The van der Waals surface area contributed by atoms with E-state index in [1.54, 1.807) is 4.90 Å². The lowest BCUT2D eigenvalue weighted by molar-refractivity contribution is -0.136. The van der Waals surface area contributed by atoms with Gasteiger partial charge in [-0.25, -0.2) is 0 Å². The average Bonchev–Trinajstić information content (AvgIpc) is 2.71. The van der Waals surface area contributed by atoms with Gasteiger partial charge in [0.05, 0.1) is 18.7 Å². The molecule has 0 aromatic heterocycles. The summed E-state index contributed by atoms with van der Waals surface area (Å²) >= 11 is 0. The number of rotatable bonds is 4. The minimum atomic E-state index is -0.880. The molecule has 0 saturated heterocycles. The summed E-state index contributed by atoms with van der Waals surface area (Å²) in [6.45, 7) is 6.48. The highest BCUT2D eigenvalue weighted by atomic mass is 16.4. The second-order valence-electron chi connectivity index (χ2n) is 7.65. The van der Waals surface area contributed by atoms with Crippen molar-refractivity contribution >= 4 is 18.1 Å². The summed E-state index contributed by atoms with van der Waals surface area (Å²) in [6.07, 6.45) is 0.759. The average molecular weight is 385 g/mol. The maximum atomic E-state index is 11.9. The van der Waals surface area contributed by atoms with Gasteiger partial charge in [0.1, 0.15) is 0 Å². The first-order valence-electron chi connectivity index (χ1n) is 9.67. The molecule has 3 aromatic rings. The summed E-state index contributed by atoms with van der Waals surface area (Å²) in [6, 6.07) is 16.3. The molecule has 0 aliphatic carbocycles. The molecule has 0 unspecified atom stereocenters. The van der Waals surface area contributed by atoms with Crippen LogP contribution in [0.2, 0.25) is 0 Å². The molecule has 3 aromatic carbocycles. The highest BCUT2D eigenvalue weighted by molar-refractivity contribution is 5.99. The van der Waals surface area contributed by atoms with Crippen LogP contribution in [-0.4, -0.2) is 17.5 Å². The molecule has 0 saturated carbocycles. The molecule has 0 bridgehead atoms. The van der Waals surface area contributed by atoms with E-state index in [1.807, 2.05) is 63.2 Å². The predicted octanol–water partition coefficient (Wildman–Crippen LogP) is 5.05. The quantitative estimate of drug-likeness (QED) is 0.640. The summed E-state index contributed by atoms with van der Waals surface area (Å²) in [7, 11) is 0. The van der Waals surface area contributed by atoms with E-state index in [2.05, 4.69) is 6.07 Å². The Morgan fingerprint density at radius 1 is 1.00 bits per heavy atom. The second kappa shape index (κ2) is 7.21. The van der Waals surface area contributed by atoms with Gasteiger partial charge in [-0.05, 0) is 59.7 Å². The number of carbonyl (C=O) groups excluding carboxylic acids is 1. The second-order valence-corrected chi connectivity index (χ2v) is 7.65. The number of nitrogens with zero attached hydrogens (tertiary/aromatic N) is 1. The van der Waals surface area contributed by atoms with Gasteiger partial charge < -0.3 is 10.0 Å². The molecular formula is C25H23NO3. The number of carbonyl (C=O) groups is 2. The number of benzene rings is 3. The molecule has 4 heteroatoms. The number of amides is 1. The minimum Gasteiger partial charge on any atom is -0.481 e. The summed E-state index contributed by atoms with van der Waals surface area (Å²) < 4.78 is 0. The Bertz CT molecular complexity index is 1130. The molecule has 1 aliphatic rings. The number of anilines is 1. The van der Waals surface area contributed by atoms with Gasteiger partial charge in [-0.1, -0.05) is 54.1 Å². The third-order valence-corrected chi connectivity index (χ3v) is 5.81. The van der Waals surface area contributed by atoms with Crippen LogP contribution in [0.3, 0.4) is 0 Å². The van der Waals surface area contributed by atoms with E-state index in [-0.39, 0.29) is 6.42 Å². The van der Waals surface area contributed by atoms with Crippen molar-refractivity contribution in [1.82, 2.24) is 0 Å². The largest absolute Gasteiger partial charge is 0.481 e. The zero-order chi connectivity index (χ0) is 20.7. The van der Waals surface area contributed by atoms with Crippen LogP contribution < -0.4 is 4.90 Å². The summed E-state index contributed by atoms with van der Waals surface area (Å²) in [4.78, 5) is 25.3. The lowest BCUT2D eigenvalue weighted by Crippen LogP contribution is -2.27. The molecule has 0 spiro atoms. The summed E-state index contributed by atoms with van der Waals surface area (Å²) in [5.41, 5.74) is 9.76. The molecule has 0 fully saturated rings. The molecule has 1 amide bonds. The SMILES string of the molecule is Cc1ccc(-c2c(C)c3c(c(C)c2CC(=O)O)N(C=O)Cc2ccccc2-3)cc1. The fraction of sp³-hybridized carbons (Fsp3) is 0.200. The Balaban J connectivity index is 2.12. The van der Waals surface area contributed by atoms with E-state index in [0.29, 0.717) is 6.54 Å². The van der Waals surface area contributed by atoms with Crippen molar-refractivity contribution in [2.45, 2.75) is 33.7 Å². The summed E-state index contributed by atoms with van der Waals surface area (Å²) in [5, 5.41) is 9.60. The molecular weight excluding hydrogens is 362 g/mol. The molecule has 0 radical (unpaired) electrons. The summed E-state index contributed by atoms with van der Waals surface area (Å²) in [5.74, 6) is -0.880. The standard InChI is InChI=1S/C25H23NO3/c1-15-8-10-18(11-9-15)23-17(3)24-20-7-5-4-6-19(20)13-26(14-27)25(24)16(2)21(23)12-22(28)29/h4-11,14H,12-13H2,1-3H3,(H,28,29). The van der Waals surface area contributed by atoms with E-state index in [4.69, 9.17) is 0 Å². The lowest BCUT2D eigenvalue weighted by Gasteiger charge is -2.34. The van der Waals surface area contributed by atoms with E-state index in [9.17, 15) is 14.7 Å². The zero-order valence-electron chi connectivity index (χ0n) is 16.8. The fourth-order valence-electron chi connectivity index (χ4n) is 4.47. The van der Waals surface area contributed by atoms with Crippen molar-refractivity contribution in [3.05, 3.63) is 76.3 Å². The van der Waals surface area contributed by atoms with Crippen LogP contribution in [0.5, 0.6) is 0 Å². The van der Waals surface area contributed by atoms with Crippen LogP contribution in [0.4, 0.5) is 5.69 Å². The number of aryl methyl sites for hydroxylation is 1.